The lowest BCUT2D eigenvalue weighted by Gasteiger charge is -2.57. The Morgan fingerprint density at radius 3 is 2.19 bits per heavy atom. The number of hydrogen-bond donors (Lipinski definition) is 2. The smallest absolute Gasteiger partial charge is 0.248 e. The Bertz CT molecular complexity index is 1890. The van der Waals surface area contributed by atoms with Crippen LogP contribution in [-0.2, 0) is 17.5 Å². The summed E-state index contributed by atoms with van der Waals surface area (Å²) in [5, 5.41) is 4.88. The van der Waals surface area contributed by atoms with Gasteiger partial charge >= 0.3 is 0 Å². The molecule has 0 aliphatic heterocycles. The lowest BCUT2D eigenvalue weighted by atomic mass is 9.49. The zero-order valence-corrected chi connectivity index (χ0v) is 34.2. The molecule has 4 bridgehead atoms. The molecule has 4 saturated carbocycles. The molecule has 4 fully saturated rings. The van der Waals surface area contributed by atoms with E-state index in [4.69, 9.17) is 13.9 Å². The number of H-pyrrole nitrogens is 1. The van der Waals surface area contributed by atoms with Gasteiger partial charge in [-0.3, -0.25) is 4.79 Å². The summed E-state index contributed by atoms with van der Waals surface area (Å²) in [5.74, 6) is 4.58. The highest BCUT2D eigenvalue weighted by Gasteiger charge is 2.50. The van der Waals surface area contributed by atoms with Crippen LogP contribution in [0.2, 0.25) is 18.1 Å². The summed E-state index contributed by atoms with van der Waals surface area (Å²) in [4.78, 5) is 15.7. The molecule has 1 heterocycles. The number of benzene rings is 3. The Morgan fingerprint density at radius 2 is 1.51 bits per heavy atom. The van der Waals surface area contributed by atoms with E-state index in [0.29, 0.717) is 29.8 Å². The van der Waals surface area contributed by atoms with Crippen LogP contribution < -0.4 is 20.3 Å². The molecule has 1 unspecified atom stereocenters. The molecule has 53 heavy (non-hydrogen) atoms. The molecule has 7 heteroatoms. The lowest BCUT2D eigenvalue weighted by Crippen LogP contribution is -2.47. The SMILES string of the molecule is CC(C)(Cc1cccc(OCCC23CC4CC(CC(C4)C2)C3)c1)NCC(O[Si](C)(C)C(C)(C)C)c1ccc(OCc2ccccc2)c2[nH]c(=O)ccc12. The van der Waals surface area contributed by atoms with Gasteiger partial charge in [-0.2, -0.15) is 0 Å². The average molecular weight is 735 g/mol. The van der Waals surface area contributed by atoms with Crippen molar-refractivity contribution in [2.45, 2.75) is 122 Å². The Labute approximate surface area is 318 Å². The maximum Gasteiger partial charge on any atom is 0.248 e. The third-order valence-corrected chi connectivity index (χ3v) is 17.6. The molecule has 0 spiro atoms. The Hall–Kier alpha value is -3.39. The zero-order valence-electron chi connectivity index (χ0n) is 33.2. The normalized spacial score (nSPS) is 23.3. The van der Waals surface area contributed by atoms with Crippen molar-refractivity contribution in [3.05, 3.63) is 106 Å². The molecule has 1 atom stereocenters. The number of aromatic amines is 1. The van der Waals surface area contributed by atoms with Gasteiger partial charge in [-0.25, -0.2) is 0 Å². The highest BCUT2D eigenvalue weighted by atomic mass is 28.4. The van der Waals surface area contributed by atoms with E-state index in [1.165, 1.54) is 50.5 Å². The second kappa shape index (κ2) is 15.0. The fourth-order valence-electron chi connectivity index (χ4n) is 9.80. The van der Waals surface area contributed by atoms with Gasteiger partial charge in [-0.05, 0) is 147 Å². The van der Waals surface area contributed by atoms with Gasteiger partial charge in [0.25, 0.3) is 0 Å². The molecular formula is C46H62N2O4Si. The van der Waals surface area contributed by atoms with E-state index >= 15 is 0 Å². The van der Waals surface area contributed by atoms with Crippen LogP contribution in [0.1, 0.15) is 102 Å². The van der Waals surface area contributed by atoms with Gasteiger partial charge in [0, 0.05) is 23.5 Å². The van der Waals surface area contributed by atoms with E-state index in [1.807, 2.05) is 42.5 Å². The molecule has 284 valence electrons. The molecule has 2 N–H and O–H groups in total. The van der Waals surface area contributed by atoms with Gasteiger partial charge in [-0.15, -0.1) is 0 Å². The molecule has 0 radical (unpaired) electrons. The standard InChI is InChI=1S/C46H62N2O4Si/c1-44(2,3)53(6,7)52-41(38-16-18-40(43-39(38)17-19-42(49)48-43)51-31-32-12-9-8-10-13-32)30-47-45(4,5)26-33-14-11-15-37(25-33)50-21-20-46-27-34-22-35(28-46)24-36(23-34)29-46/h8-19,25,34-36,41,47H,20-24,26-31H2,1-7H3,(H,48,49). The fourth-order valence-corrected chi connectivity index (χ4v) is 11.1. The monoisotopic (exact) mass is 734 g/mol. The van der Waals surface area contributed by atoms with Crippen molar-refractivity contribution >= 4 is 19.2 Å². The molecule has 4 aliphatic rings. The van der Waals surface area contributed by atoms with E-state index in [2.05, 4.69) is 88.3 Å². The molecule has 4 aliphatic carbocycles. The minimum absolute atomic E-state index is 0.0275. The highest BCUT2D eigenvalue weighted by Crippen LogP contribution is 2.61. The fraction of sp³-hybridized carbons (Fsp3) is 0.543. The Morgan fingerprint density at radius 1 is 0.830 bits per heavy atom. The first kappa shape index (κ1) is 37.9. The van der Waals surface area contributed by atoms with Crippen molar-refractivity contribution in [2.75, 3.05) is 13.2 Å². The summed E-state index contributed by atoms with van der Waals surface area (Å²) >= 11 is 0. The summed E-state index contributed by atoms with van der Waals surface area (Å²) < 4.78 is 20.0. The first-order chi connectivity index (χ1) is 25.2. The first-order valence-corrected chi connectivity index (χ1v) is 23.0. The predicted octanol–water partition coefficient (Wildman–Crippen LogP) is 10.8. The van der Waals surface area contributed by atoms with Crippen molar-refractivity contribution in [3.63, 3.8) is 0 Å². The van der Waals surface area contributed by atoms with Crippen LogP contribution in [0.5, 0.6) is 11.5 Å². The van der Waals surface area contributed by atoms with Crippen LogP contribution in [0.25, 0.3) is 10.9 Å². The highest BCUT2D eigenvalue weighted by molar-refractivity contribution is 6.74. The second-order valence-corrected chi connectivity index (χ2v) is 23.8. The second-order valence-electron chi connectivity index (χ2n) is 19.0. The summed E-state index contributed by atoms with van der Waals surface area (Å²) in [5.41, 5.74) is 4.26. The minimum Gasteiger partial charge on any atom is -0.494 e. The van der Waals surface area contributed by atoms with Crippen LogP contribution in [0.15, 0.2) is 83.7 Å². The zero-order chi connectivity index (χ0) is 37.4. The number of fused-ring (bicyclic) bond motifs is 1. The van der Waals surface area contributed by atoms with Crippen molar-refractivity contribution in [2.24, 2.45) is 23.2 Å². The summed E-state index contributed by atoms with van der Waals surface area (Å²) in [6, 6.07) is 26.5. The van der Waals surface area contributed by atoms with Gasteiger partial charge in [0.15, 0.2) is 8.32 Å². The number of nitrogens with one attached hydrogen (secondary N) is 2. The lowest BCUT2D eigenvalue weighted by molar-refractivity contribution is -0.0622. The number of pyridine rings is 1. The van der Waals surface area contributed by atoms with Crippen molar-refractivity contribution in [1.82, 2.24) is 10.3 Å². The number of hydrogen-bond acceptors (Lipinski definition) is 5. The first-order valence-electron chi connectivity index (χ1n) is 20.1. The largest absolute Gasteiger partial charge is 0.494 e. The van der Waals surface area contributed by atoms with Crippen molar-refractivity contribution in [3.8, 4) is 11.5 Å². The van der Waals surface area contributed by atoms with Crippen LogP contribution in [0, 0.1) is 23.2 Å². The molecule has 3 aromatic carbocycles. The topological polar surface area (TPSA) is 72.6 Å². The van der Waals surface area contributed by atoms with Gasteiger partial charge in [-0.1, -0.05) is 69.3 Å². The number of aromatic nitrogens is 1. The Balaban J connectivity index is 1.05. The van der Waals surface area contributed by atoms with Crippen molar-refractivity contribution < 1.29 is 13.9 Å². The quantitative estimate of drug-likeness (QED) is 0.119. The van der Waals surface area contributed by atoms with E-state index in [1.54, 1.807) is 6.07 Å². The van der Waals surface area contributed by atoms with Crippen LogP contribution in [-0.4, -0.2) is 32.0 Å². The van der Waals surface area contributed by atoms with Crippen LogP contribution in [0.4, 0.5) is 0 Å². The third kappa shape index (κ3) is 8.95. The molecule has 1 aromatic heterocycles. The molecule has 4 aromatic rings. The van der Waals surface area contributed by atoms with Gasteiger partial charge in [0.05, 0.1) is 18.2 Å². The molecule has 6 nitrogen and oxygen atoms in total. The molecule has 0 amide bonds. The number of rotatable bonds is 15. The van der Waals surface area contributed by atoms with E-state index in [0.717, 1.165) is 53.0 Å². The summed E-state index contributed by atoms with van der Waals surface area (Å²) in [6.07, 6.45) is 10.6. The summed E-state index contributed by atoms with van der Waals surface area (Å²) in [7, 11) is -2.20. The summed E-state index contributed by atoms with van der Waals surface area (Å²) in [6.45, 7) is 17.9. The number of ether oxygens (including phenoxy) is 2. The van der Waals surface area contributed by atoms with E-state index < -0.39 is 8.32 Å². The van der Waals surface area contributed by atoms with Crippen LogP contribution >= 0.6 is 0 Å². The molecule has 0 saturated heterocycles. The molecule has 8 rings (SSSR count). The van der Waals surface area contributed by atoms with Gasteiger partial charge in [0.1, 0.15) is 18.1 Å². The van der Waals surface area contributed by atoms with Crippen LogP contribution in [0.3, 0.4) is 0 Å². The predicted molar refractivity (Wildman–Crippen MR) is 219 cm³/mol. The van der Waals surface area contributed by atoms with Gasteiger partial charge in [0.2, 0.25) is 5.56 Å². The van der Waals surface area contributed by atoms with E-state index in [-0.39, 0.29) is 22.2 Å². The van der Waals surface area contributed by atoms with Crippen molar-refractivity contribution in [1.29, 1.82) is 0 Å². The average Bonchev–Trinajstić information content (AvgIpc) is 3.08. The maximum atomic E-state index is 12.6. The Kier molecular flexibility index (Phi) is 10.8. The minimum atomic E-state index is -2.20. The van der Waals surface area contributed by atoms with Gasteiger partial charge < -0.3 is 24.2 Å². The third-order valence-electron chi connectivity index (χ3n) is 13.1. The maximum absolute atomic E-state index is 12.6. The molecular weight excluding hydrogens is 673 g/mol. The van der Waals surface area contributed by atoms with E-state index in [9.17, 15) is 4.79 Å².